The van der Waals surface area contributed by atoms with Gasteiger partial charge in [-0.1, -0.05) is 11.6 Å². The quantitative estimate of drug-likeness (QED) is 0.448. The van der Waals surface area contributed by atoms with Gasteiger partial charge in [-0.05, 0) is 12.1 Å². The molecule has 0 heterocycles. The smallest absolute Gasteiger partial charge is 0.295 e. The molecule has 0 aliphatic carbocycles. The zero-order valence-electron chi connectivity index (χ0n) is 6.90. The zero-order valence-corrected chi connectivity index (χ0v) is 7.65. The first kappa shape index (κ1) is 9.76. The van der Waals surface area contributed by atoms with E-state index in [9.17, 15) is 10.1 Å². The maximum atomic E-state index is 10.5. The van der Waals surface area contributed by atoms with Crippen LogP contribution < -0.4 is 10.9 Å². The fourth-order valence-corrected chi connectivity index (χ4v) is 1.11. The third kappa shape index (κ3) is 2.07. The summed E-state index contributed by atoms with van der Waals surface area (Å²) in [5.41, 5.74) is 0.229. The number of benzene rings is 1. The Balaban J connectivity index is 3.27. The Bertz CT molecular complexity index is 341. The van der Waals surface area contributed by atoms with Crippen LogP contribution in [0.3, 0.4) is 0 Å². The second-order valence-corrected chi connectivity index (χ2v) is 2.94. The van der Waals surface area contributed by atoms with Gasteiger partial charge in [-0.3, -0.25) is 10.1 Å². The van der Waals surface area contributed by atoms with Crippen LogP contribution in [-0.4, -0.2) is 12.0 Å². The van der Waals surface area contributed by atoms with Crippen LogP contribution in [0.4, 0.5) is 11.4 Å². The average Bonchev–Trinajstić information content (AvgIpc) is 2.03. The van der Waals surface area contributed by atoms with Crippen LogP contribution in [0.5, 0.6) is 0 Å². The van der Waals surface area contributed by atoms with Gasteiger partial charge in [-0.2, -0.15) is 0 Å². The van der Waals surface area contributed by atoms with Crippen molar-refractivity contribution < 1.29 is 4.92 Å². The molecule has 1 aromatic carbocycles. The van der Waals surface area contributed by atoms with Crippen molar-refractivity contribution in [2.45, 2.75) is 0 Å². The van der Waals surface area contributed by atoms with Crippen molar-refractivity contribution in [3.63, 3.8) is 0 Å². The Labute approximate surface area is 79.8 Å². The van der Waals surface area contributed by atoms with Crippen molar-refractivity contribution in [3.8, 4) is 0 Å². The van der Waals surface area contributed by atoms with Crippen molar-refractivity contribution in [2.75, 3.05) is 12.1 Å². The van der Waals surface area contributed by atoms with Crippen molar-refractivity contribution >= 4 is 23.0 Å². The molecule has 0 aliphatic rings. The van der Waals surface area contributed by atoms with Crippen LogP contribution in [0.1, 0.15) is 0 Å². The Hall–Kier alpha value is -1.33. The minimum absolute atomic E-state index is 0.0995. The number of hydrogen-bond acceptors (Lipinski definition) is 4. The van der Waals surface area contributed by atoms with E-state index in [1.54, 1.807) is 6.07 Å². The van der Waals surface area contributed by atoms with E-state index < -0.39 is 4.92 Å². The van der Waals surface area contributed by atoms with Gasteiger partial charge >= 0.3 is 0 Å². The standard InChI is InChI=1S/C7H8ClN3O2/c1-10(9)6-3-2-5(8)4-7(6)11(12)13/h2-4H,9H2,1H3. The number of nitrogens with two attached hydrogens (primary N) is 1. The zero-order chi connectivity index (χ0) is 10.0. The van der Waals surface area contributed by atoms with Crippen LogP contribution in [0.15, 0.2) is 18.2 Å². The van der Waals surface area contributed by atoms with Crippen molar-refractivity contribution in [2.24, 2.45) is 5.84 Å². The molecule has 0 fully saturated rings. The molecule has 0 spiro atoms. The largest absolute Gasteiger partial charge is 0.308 e. The lowest BCUT2D eigenvalue weighted by Gasteiger charge is -2.11. The second kappa shape index (κ2) is 3.59. The van der Waals surface area contributed by atoms with Crippen LogP contribution in [0.2, 0.25) is 5.02 Å². The number of hydrogen-bond donors (Lipinski definition) is 1. The number of nitrogens with zero attached hydrogens (tertiary/aromatic N) is 2. The topological polar surface area (TPSA) is 72.4 Å². The first-order chi connectivity index (χ1) is 6.02. The molecule has 0 atom stereocenters. The SMILES string of the molecule is CN(N)c1ccc(Cl)cc1[N+](=O)[O-]. The van der Waals surface area contributed by atoms with E-state index in [4.69, 9.17) is 17.4 Å². The Morgan fingerprint density at radius 1 is 1.62 bits per heavy atom. The Kier molecular flexibility index (Phi) is 2.69. The molecule has 0 saturated carbocycles. The Morgan fingerprint density at radius 2 is 2.23 bits per heavy atom. The molecule has 0 aromatic heterocycles. The van der Waals surface area contributed by atoms with E-state index in [1.807, 2.05) is 0 Å². The highest BCUT2D eigenvalue weighted by Gasteiger charge is 2.15. The van der Waals surface area contributed by atoms with Gasteiger partial charge < -0.3 is 5.01 Å². The van der Waals surface area contributed by atoms with E-state index in [0.717, 1.165) is 0 Å². The maximum absolute atomic E-state index is 10.5. The van der Waals surface area contributed by atoms with Gasteiger partial charge in [0.2, 0.25) is 0 Å². The van der Waals surface area contributed by atoms with Crippen molar-refractivity contribution in [1.82, 2.24) is 0 Å². The van der Waals surface area contributed by atoms with E-state index >= 15 is 0 Å². The molecule has 70 valence electrons. The molecule has 0 unspecified atom stereocenters. The predicted octanol–water partition coefficient (Wildman–Crippen LogP) is 1.56. The van der Waals surface area contributed by atoms with E-state index in [0.29, 0.717) is 10.7 Å². The van der Waals surface area contributed by atoms with Crippen LogP contribution in [-0.2, 0) is 0 Å². The van der Waals surface area contributed by atoms with Crippen LogP contribution >= 0.6 is 11.6 Å². The number of hydrazine groups is 1. The molecule has 1 rings (SSSR count). The third-order valence-electron chi connectivity index (χ3n) is 1.51. The number of rotatable bonds is 2. The summed E-state index contributed by atoms with van der Waals surface area (Å²) in [5.74, 6) is 5.39. The molecule has 0 amide bonds. The van der Waals surface area contributed by atoms with E-state index in [2.05, 4.69) is 0 Å². The van der Waals surface area contributed by atoms with Crippen molar-refractivity contribution in [1.29, 1.82) is 0 Å². The molecule has 5 nitrogen and oxygen atoms in total. The highest BCUT2D eigenvalue weighted by atomic mass is 35.5. The summed E-state index contributed by atoms with van der Waals surface area (Å²) < 4.78 is 0. The minimum atomic E-state index is -0.523. The maximum Gasteiger partial charge on any atom is 0.295 e. The molecule has 2 N–H and O–H groups in total. The van der Waals surface area contributed by atoms with Gasteiger partial charge in [-0.25, -0.2) is 5.84 Å². The second-order valence-electron chi connectivity index (χ2n) is 2.50. The monoisotopic (exact) mass is 201 g/mol. The first-order valence-corrected chi connectivity index (χ1v) is 3.82. The minimum Gasteiger partial charge on any atom is -0.308 e. The third-order valence-corrected chi connectivity index (χ3v) is 1.75. The molecule has 0 saturated heterocycles. The van der Waals surface area contributed by atoms with Gasteiger partial charge in [-0.15, -0.1) is 0 Å². The van der Waals surface area contributed by atoms with Crippen LogP contribution in [0, 0.1) is 10.1 Å². The highest BCUT2D eigenvalue weighted by molar-refractivity contribution is 6.30. The molecular weight excluding hydrogens is 194 g/mol. The van der Waals surface area contributed by atoms with Gasteiger partial charge in [0.15, 0.2) is 0 Å². The summed E-state index contributed by atoms with van der Waals surface area (Å²) in [5, 5.41) is 12.0. The fourth-order valence-electron chi connectivity index (χ4n) is 0.941. The normalized spacial score (nSPS) is 9.77. The summed E-state index contributed by atoms with van der Waals surface area (Å²) in [6, 6.07) is 4.31. The van der Waals surface area contributed by atoms with E-state index in [1.165, 1.54) is 24.2 Å². The molecule has 0 radical (unpaired) electrons. The summed E-state index contributed by atoms with van der Waals surface area (Å²) in [6.45, 7) is 0. The van der Waals surface area contributed by atoms with Gasteiger partial charge in [0.25, 0.3) is 5.69 Å². The molecular formula is C7H8ClN3O2. The Morgan fingerprint density at radius 3 is 2.69 bits per heavy atom. The average molecular weight is 202 g/mol. The van der Waals surface area contributed by atoms with Gasteiger partial charge in [0.1, 0.15) is 5.69 Å². The molecule has 6 heteroatoms. The number of anilines is 1. The highest BCUT2D eigenvalue weighted by Crippen LogP contribution is 2.28. The van der Waals surface area contributed by atoms with Gasteiger partial charge in [0, 0.05) is 18.1 Å². The lowest BCUT2D eigenvalue weighted by molar-refractivity contribution is -0.384. The van der Waals surface area contributed by atoms with E-state index in [-0.39, 0.29) is 5.69 Å². The number of nitro benzene ring substituents is 1. The van der Waals surface area contributed by atoms with Crippen molar-refractivity contribution in [3.05, 3.63) is 33.3 Å². The molecule has 0 aliphatic heterocycles. The molecule has 0 bridgehead atoms. The lowest BCUT2D eigenvalue weighted by atomic mass is 10.2. The lowest BCUT2D eigenvalue weighted by Crippen LogP contribution is -2.25. The first-order valence-electron chi connectivity index (χ1n) is 3.44. The van der Waals surface area contributed by atoms with Crippen LogP contribution in [0.25, 0.3) is 0 Å². The summed E-state index contributed by atoms with van der Waals surface area (Å²) in [7, 11) is 1.52. The predicted molar refractivity (Wildman–Crippen MR) is 50.7 cm³/mol. The summed E-state index contributed by atoms with van der Waals surface area (Å²) in [4.78, 5) is 10.0. The fraction of sp³-hybridized carbons (Fsp3) is 0.143. The number of halogens is 1. The molecule has 1 aromatic rings. The van der Waals surface area contributed by atoms with Gasteiger partial charge in [0.05, 0.1) is 4.92 Å². The summed E-state index contributed by atoms with van der Waals surface area (Å²) in [6.07, 6.45) is 0. The number of nitro groups is 1. The molecule has 13 heavy (non-hydrogen) atoms. The summed E-state index contributed by atoms with van der Waals surface area (Å²) >= 11 is 5.60.